The Kier molecular flexibility index (Phi) is 4.28. The maximum absolute atomic E-state index is 12.1. The molecule has 0 spiro atoms. The molecule has 1 aliphatic rings. The summed E-state index contributed by atoms with van der Waals surface area (Å²) >= 11 is 0. The van der Waals surface area contributed by atoms with E-state index in [1.807, 2.05) is 30.3 Å². The highest BCUT2D eigenvalue weighted by Crippen LogP contribution is 2.23. The van der Waals surface area contributed by atoms with Gasteiger partial charge >= 0.3 is 0 Å². The van der Waals surface area contributed by atoms with Crippen LogP contribution in [0.1, 0.15) is 37.9 Å². The van der Waals surface area contributed by atoms with Crippen LogP contribution in [0.15, 0.2) is 30.3 Å². The third-order valence-electron chi connectivity index (χ3n) is 3.97. The highest BCUT2D eigenvalue weighted by molar-refractivity contribution is 5.78. The fraction of sp³-hybridized carbons (Fsp3) is 0.438. The van der Waals surface area contributed by atoms with Crippen LogP contribution in [0.3, 0.4) is 0 Å². The molecule has 1 aliphatic carbocycles. The Morgan fingerprint density at radius 1 is 1.19 bits per heavy atom. The van der Waals surface area contributed by atoms with Crippen molar-refractivity contribution in [2.45, 2.75) is 38.6 Å². The molecule has 0 saturated heterocycles. The third kappa shape index (κ3) is 3.48. The number of carbonyl (C=O) groups is 1. The van der Waals surface area contributed by atoms with E-state index >= 15 is 0 Å². The molecule has 2 N–H and O–H groups in total. The Labute approximate surface area is 124 Å². The van der Waals surface area contributed by atoms with Gasteiger partial charge in [-0.3, -0.25) is 9.89 Å². The maximum atomic E-state index is 12.1. The van der Waals surface area contributed by atoms with Crippen molar-refractivity contribution in [1.82, 2.24) is 20.5 Å². The summed E-state index contributed by atoms with van der Waals surface area (Å²) in [5, 5.41) is 10.0. The number of nitrogens with one attached hydrogen (secondary N) is 2. The quantitative estimate of drug-likeness (QED) is 0.906. The minimum Gasteiger partial charge on any atom is -0.349 e. The summed E-state index contributed by atoms with van der Waals surface area (Å²) in [5.41, 5.74) is 0.971. The van der Waals surface area contributed by atoms with Crippen LogP contribution < -0.4 is 5.32 Å². The standard InChI is InChI=1S/C16H20N4O/c21-16(13-9-5-2-6-10-13)17-11-14-18-15(20-19-14)12-7-3-1-4-8-12/h1,3-4,7-8,13H,2,5-6,9-11H2,(H,17,21)(H,18,19,20). The zero-order valence-corrected chi connectivity index (χ0v) is 12.0. The monoisotopic (exact) mass is 284 g/mol. The second-order valence-electron chi connectivity index (χ2n) is 5.52. The largest absolute Gasteiger partial charge is 0.349 e. The van der Waals surface area contributed by atoms with Gasteiger partial charge in [0.2, 0.25) is 5.91 Å². The molecule has 1 aromatic carbocycles. The van der Waals surface area contributed by atoms with Gasteiger partial charge in [0.1, 0.15) is 5.82 Å². The van der Waals surface area contributed by atoms with Crippen LogP contribution in [0, 0.1) is 5.92 Å². The number of carbonyl (C=O) groups excluding carboxylic acids is 1. The molecule has 1 heterocycles. The van der Waals surface area contributed by atoms with Gasteiger partial charge in [-0.1, -0.05) is 49.6 Å². The molecule has 0 radical (unpaired) electrons. The van der Waals surface area contributed by atoms with Crippen molar-refractivity contribution in [2.24, 2.45) is 5.92 Å². The normalized spacial score (nSPS) is 15.8. The molecule has 1 amide bonds. The number of aromatic amines is 1. The molecular weight excluding hydrogens is 264 g/mol. The van der Waals surface area contributed by atoms with Crippen LogP contribution in [-0.2, 0) is 11.3 Å². The Hall–Kier alpha value is -2.17. The van der Waals surface area contributed by atoms with E-state index in [-0.39, 0.29) is 11.8 Å². The van der Waals surface area contributed by atoms with Gasteiger partial charge in [0.05, 0.1) is 6.54 Å². The smallest absolute Gasteiger partial charge is 0.223 e. The van der Waals surface area contributed by atoms with E-state index in [1.165, 1.54) is 19.3 Å². The molecule has 0 unspecified atom stereocenters. The second-order valence-corrected chi connectivity index (χ2v) is 5.52. The molecule has 0 atom stereocenters. The summed E-state index contributed by atoms with van der Waals surface area (Å²) in [7, 11) is 0. The van der Waals surface area contributed by atoms with Crippen molar-refractivity contribution in [3.8, 4) is 11.4 Å². The summed E-state index contributed by atoms with van der Waals surface area (Å²) in [6.07, 6.45) is 5.61. The Bertz CT molecular complexity index is 587. The Morgan fingerprint density at radius 3 is 2.71 bits per heavy atom. The summed E-state index contributed by atoms with van der Waals surface area (Å²) < 4.78 is 0. The summed E-state index contributed by atoms with van der Waals surface area (Å²) in [5.74, 6) is 1.68. The molecule has 0 aliphatic heterocycles. The molecule has 1 aromatic heterocycles. The highest BCUT2D eigenvalue weighted by Gasteiger charge is 2.20. The predicted molar refractivity (Wildman–Crippen MR) is 80.2 cm³/mol. The maximum Gasteiger partial charge on any atom is 0.223 e. The van der Waals surface area contributed by atoms with Gasteiger partial charge in [0.25, 0.3) is 0 Å². The molecule has 5 heteroatoms. The lowest BCUT2D eigenvalue weighted by molar-refractivity contribution is -0.126. The zero-order valence-electron chi connectivity index (χ0n) is 12.0. The first-order valence-electron chi connectivity index (χ1n) is 7.57. The number of hydrogen-bond acceptors (Lipinski definition) is 3. The minimum atomic E-state index is 0.146. The second kappa shape index (κ2) is 6.52. The molecule has 5 nitrogen and oxygen atoms in total. The molecule has 0 bridgehead atoms. The van der Waals surface area contributed by atoms with Gasteiger partial charge in [0, 0.05) is 11.5 Å². The number of nitrogens with zero attached hydrogens (tertiary/aromatic N) is 2. The zero-order chi connectivity index (χ0) is 14.5. The van der Waals surface area contributed by atoms with E-state index in [0.717, 1.165) is 18.4 Å². The number of amides is 1. The Morgan fingerprint density at radius 2 is 1.95 bits per heavy atom. The first-order chi connectivity index (χ1) is 10.3. The van der Waals surface area contributed by atoms with Gasteiger partial charge in [-0.25, -0.2) is 4.98 Å². The van der Waals surface area contributed by atoms with Crippen LogP contribution in [0.5, 0.6) is 0 Å². The lowest BCUT2D eigenvalue weighted by Crippen LogP contribution is -2.31. The number of benzene rings is 1. The van der Waals surface area contributed by atoms with E-state index in [2.05, 4.69) is 20.5 Å². The van der Waals surface area contributed by atoms with Crippen molar-refractivity contribution in [1.29, 1.82) is 0 Å². The average molecular weight is 284 g/mol. The van der Waals surface area contributed by atoms with E-state index in [0.29, 0.717) is 18.2 Å². The summed E-state index contributed by atoms with van der Waals surface area (Å²) in [6, 6.07) is 9.80. The van der Waals surface area contributed by atoms with Gasteiger partial charge in [-0.2, -0.15) is 5.10 Å². The SMILES string of the molecule is O=C(NCc1nc(-c2ccccc2)n[nH]1)C1CCCCC1. The number of aromatic nitrogens is 3. The van der Waals surface area contributed by atoms with Crippen molar-refractivity contribution in [3.63, 3.8) is 0 Å². The molecule has 110 valence electrons. The van der Waals surface area contributed by atoms with E-state index in [4.69, 9.17) is 0 Å². The first kappa shape index (κ1) is 13.8. The fourth-order valence-corrected chi connectivity index (χ4v) is 2.77. The van der Waals surface area contributed by atoms with Crippen LogP contribution in [0.25, 0.3) is 11.4 Å². The van der Waals surface area contributed by atoms with Crippen LogP contribution in [0.4, 0.5) is 0 Å². The number of rotatable bonds is 4. The molecule has 1 fully saturated rings. The predicted octanol–water partition coefficient (Wildman–Crippen LogP) is 2.67. The van der Waals surface area contributed by atoms with E-state index < -0.39 is 0 Å². The molecule has 2 aromatic rings. The van der Waals surface area contributed by atoms with Crippen molar-refractivity contribution < 1.29 is 4.79 Å². The van der Waals surface area contributed by atoms with Crippen molar-refractivity contribution in [2.75, 3.05) is 0 Å². The van der Waals surface area contributed by atoms with E-state index in [9.17, 15) is 4.79 Å². The minimum absolute atomic E-state index is 0.146. The van der Waals surface area contributed by atoms with Gasteiger partial charge in [-0.15, -0.1) is 0 Å². The van der Waals surface area contributed by atoms with Crippen molar-refractivity contribution in [3.05, 3.63) is 36.2 Å². The van der Waals surface area contributed by atoms with Crippen LogP contribution in [0.2, 0.25) is 0 Å². The lowest BCUT2D eigenvalue weighted by Gasteiger charge is -2.20. The topological polar surface area (TPSA) is 70.7 Å². The summed E-state index contributed by atoms with van der Waals surface area (Å²) in [6.45, 7) is 0.412. The van der Waals surface area contributed by atoms with Crippen molar-refractivity contribution >= 4 is 5.91 Å². The molecule has 1 saturated carbocycles. The van der Waals surface area contributed by atoms with Gasteiger partial charge in [-0.05, 0) is 12.8 Å². The number of hydrogen-bond donors (Lipinski definition) is 2. The van der Waals surface area contributed by atoms with Gasteiger partial charge < -0.3 is 5.32 Å². The Balaban J connectivity index is 1.56. The molecule has 21 heavy (non-hydrogen) atoms. The number of H-pyrrole nitrogens is 1. The fourth-order valence-electron chi connectivity index (χ4n) is 2.77. The molecular formula is C16H20N4O. The van der Waals surface area contributed by atoms with Crippen LogP contribution >= 0.6 is 0 Å². The van der Waals surface area contributed by atoms with E-state index in [1.54, 1.807) is 0 Å². The van der Waals surface area contributed by atoms with Gasteiger partial charge in [0.15, 0.2) is 5.82 Å². The average Bonchev–Trinajstić information content (AvgIpc) is 3.03. The summed E-state index contributed by atoms with van der Waals surface area (Å²) in [4.78, 5) is 16.5. The highest BCUT2D eigenvalue weighted by atomic mass is 16.1. The molecule has 3 rings (SSSR count). The van der Waals surface area contributed by atoms with Crippen LogP contribution in [-0.4, -0.2) is 21.1 Å². The lowest BCUT2D eigenvalue weighted by atomic mass is 9.89. The first-order valence-corrected chi connectivity index (χ1v) is 7.57. The third-order valence-corrected chi connectivity index (χ3v) is 3.97.